The predicted octanol–water partition coefficient (Wildman–Crippen LogP) is 7.13. The van der Waals surface area contributed by atoms with Crippen molar-refractivity contribution in [2.45, 2.75) is 0 Å². The maximum absolute atomic E-state index is 6.14. The first kappa shape index (κ1) is 13.7. The molecule has 0 fully saturated rings. The molecule has 0 aliphatic heterocycles. The molecule has 0 saturated carbocycles. The van der Waals surface area contributed by atoms with Crippen LogP contribution in [-0.2, 0) is 6.66 Å². The second kappa shape index (κ2) is 5.15. The van der Waals surface area contributed by atoms with Gasteiger partial charge in [-0.2, -0.15) is 0 Å². The third kappa shape index (κ3) is 1.97. The Balaban J connectivity index is 2.23. The smallest absolute Gasteiger partial charge is 0.213 e. The van der Waals surface area contributed by atoms with Crippen LogP contribution in [0.1, 0.15) is 0 Å². The summed E-state index contributed by atoms with van der Waals surface area (Å²) < 4.78 is 12.3. The lowest BCUT2D eigenvalue weighted by molar-refractivity contribution is 0.644. The fraction of sp³-hybridized carbons (Fsp3) is 0.0476. The van der Waals surface area contributed by atoms with Gasteiger partial charge >= 0.3 is 0 Å². The molecule has 1 heterocycles. The quantitative estimate of drug-likeness (QED) is 0.302. The van der Waals surface area contributed by atoms with Crippen LogP contribution in [0.2, 0.25) is 0 Å². The zero-order chi connectivity index (χ0) is 16.1. The Morgan fingerprint density at radius 2 is 1.04 bits per heavy atom. The Kier molecular flexibility index (Phi) is 2.95. The SMILES string of the molecule is Cp1oc2ccc3ccccc3c2c2c(ccc3ccccc32)o1. The van der Waals surface area contributed by atoms with Gasteiger partial charge in [-0.3, -0.25) is 0 Å². The van der Waals surface area contributed by atoms with E-state index in [1.165, 1.54) is 21.5 Å². The zero-order valence-corrected chi connectivity index (χ0v) is 14.1. The Labute approximate surface area is 139 Å². The molecule has 5 rings (SSSR count). The van der Waals surface area contributed by atoms with Crippen molar-refractivity contribution in [3.05, 3.63) is 72.8 Å². The van der Waals surface area contributed by atoms with E-state index in [1.807, 2.05) is 6.66 Å². The first-order valence-corrected chi connectivity index (χ1v) is 9.57. The highest BCUT2D eigenvalue weighted by molar-refractivity contribution is 7.35. The second-order valence-corrected chi connectivity index (χ2v) is 7.19. The number of hydrogen-bond donors (Lipinski definition) is 0. The maximum Gasteiger partial charge on any atom is 0.213 e. The van der Waals surface area contributed by atoms with E-state index >= 15 is 0 Å². The van der Waals surface area contributed by atoms with Gasteiger partial charge in [0.25, 0.3) is 0 Å². The van der Waals surface area contributed by atoms with E-state index < -0.39 is 8.01 Å². The van der Waals surface area contributed by atoms with Crippen LogP contribution in [0.15, 0.2) is 81.2 Å². The molecule has 116 valence electrons. The lowest BCUT2D eigenvalue weighted by Crippen LogP contribution is -1.79. The van der Waals surface area contributed by atoms with Crippen molar-refractivity contribution in [1.29, 1.82) is 0 Å². The third-order valence-electron chi connectivity index (χ3n) is 4.49. The molecule has 1 aromatic heterocycles. The topological polar surface area (TPSA) is 26.3 Å². The molecule has 0 spiro atoms. The van der Waals surface area contributed by atoms with Crippen LogP contribution in [-0.4, -0.2) is 0 Å². The molecule has 0 N–H and O–H groups in total. The van der Waals surface area contributed by atoms with Gasteiger partial charge in [-0.1, -0.05) is 60.7 Å². The maximum atomic E-state index is 6.14. The van der Waals surface area contributed by atoms with Crippen molar-refractivity contribution in [2.24, 2.45) is 6.66 Å². The minimum atomic E-state index is -1.00. The molecule has 0 saturated heterocycles. The first-order chi connectivity index (χ1) is 11.8. The van der Waals surface area contributed by atoms with Crippen molar-refractivity contribution in [3.8, 4) is 0 Å². The van der Waals surface area contributed by atoms with E-state index in [9.17, 15) is 0 Å². The number of rotatable bonds is 0. The highest BCUT2D eigenvalue weighted by Crippen LogP contribution is 2.39. The number of fused-ring (bicyclic) bond motifs is 7. The monoisotopic (exact) mass is 330 g/mol. The number of aryl methyl sites for hydroxylation is 1. The third-order valence-corrected chi connectivity index (χ3v) is 5.39. The van der Waals surface area contributed by atoms with Crippen LogP contribution in [0, 0.1) is 0 Å². The molecule has 0 amide bonds. The van der Waals surface area contributed by atoms with Gasteiger partial charge in [-0.05, 0) is 33.7 Å². The highest BCUT2D eigenvalue weighted by Gasteiger charge is 2.11. The zero-order valence-electron chi connectivity index (χ0n) is 13.2. The minimum absolute atomic E-state index is 0.900. The van der Waals surface area contributed by atoms with Gasteiger partial charge in [0.05, 0.1) is 0 Å². The minimum Gasteiger partial charge on any atom is -0.419 e. The lowest BCUT2D eigenvalue weighted by atomic mass is 9.99. The standard InChI is InChI=1S/C21H15O2P/c1-24-22-18-12-10-14-6-2-4-8-16(14)20(18)21-17-9-5-3-7-15(17)11-13-19(21)23-24/h2-13H,1H3. The van der Waals surface area contributed by atoms with Gasteiger partial charge in [0.1, 0.15) is 11.2 Å². The first-order valence-electron chi connectivity index (χ1n) is 7.95. The van der Waals surface area contributed by atoms with Crippen LogP contribution in [0.3, 0.4) is 0 Å². The van der Waals surface area contributed by atoms with E-state index in [-0.39, 0.29) is 0 Å². The van der Waals surface area contributed by atoms with Gasteiger partial charge in [0, 0.05) is 17.4 Å². The van der Waals surface area contributed by atoms with Gasteiger partial charge < -0.3 is 8.39 Å². The largest absolute Gasteiger partial charge is 0.419 e. The van der Waals surface area contributed by atoms with Crippen LogP contribution < -0.4 is 0 Å². The summed E-state index contributed by atoms with van der Waals surface area (Å²) in [5.41, 5.74) is 1.80. The van der Waals surface area contributed by atoms with Gasteiger partial charge in [-0.25, -0.2) is 0 Å². The molecule has 0 aliphatic rings. The average molecular weight is 330 g/mol. The van der Waals surface area contributed by atoms with Crippen molar-refractivity contribution in [2.75, 3.05) is 0 Å². The van der Waals surface area contributed by atoms with Crippen molar-refractivity contribution < 1.29 is 8.39 Å². The normalized spacial score (nSPS) is 11.5. The van der Waals surface area contributed by atoms with E-state index in [0.717, 1.165) is 21.9 Å². The lowest BCUT2D eigenvalue weighted by Gasteiger charge is -2.05. The molecule has 4 aromatic carbocycles. The molecule has 3 heteroatoms. The predicted molar refractivity (Wildman–Crippen MR) is 102 cm³/mol. The number of hydrogen-bond acceptors (Lipinski definition) is 2. The second-order valence-electron chi connectivity index (χ2n) is 5.94. The highest BCUT2D eigenvalue weighted by atomic mass is 31.1. The Morgan fingerprint density at radius 1 is 0.583 bits per heavy atom. The van der Waals surface area contributed by atoms with E-state index in [1.54, 1.807) is 0 Å². The van der Waals surface area contributed by atoms with Crippen LogP contribution in [0.5, 0.6) is 0 Å². The van der Waals surface area contributed by atoms with Crippen molar-refractivity contribution in [3.63, 3.8) is 0 Å². The summed E-state index contributed by atoms with van der Waals surface area (Å²) >= 11 is 0. The summed E-state index contributed by atoms with van der Waals surface area (Å²) in [6.45, 7) is 2.00. The van der Waals surface area contributed by atoms with E-state index in [0.29, 0.717) is 0 Å². The molecule has 24 heavy (non-hydrogen) atoms. The molecule has 2 nitrogen and oxygen atoms in total. The summed E-state index contributed by atoms with van der Waals surface area (Å²) in [5, 5.41) is 7.07. The molecule has 5 aromatic rings. The van der Waals surface area contributed by atoms with Crippen molar-refractivity contribution in [1.82, 2.24) is 0 Å². The van der Waals surface area contributed by atoms with Gasteiger partial charge in [0.2, 0.25) is 8.01 Å². The molecule has 0 radical (unpaired) electrons. The Morgan fingerprint density at radius 3 is 1.54 bits per heavy atom. The molecule has 0 aliphatic carbocycles. The average Bonchev–Trinajstić information content (AvgIpc) is 2.77. The molecule has 0 unspecified atom stereocenters. The van der Waals surface area contributed by atoms with Gasteiger partial charge in [0.15, 0.2) is 0 Å². The summed E-state index contributed by atoms with van der Waals surface area (Å²) in [5.74, 6) is 0. The van der Waals surface area contributed by atoms with Crippen LogP contribution in [0.25, 0.3) is 43.5 Å². The van der Waals surface area contributed by atoms with Crippen LogP contribution >= 0.6 is 8.01 Å². The molecule has 0 bridgehead atoms. The summed E-state index contributed by atoms with van der Waals surface area (Å²) in [6.07, 6.45) is 0. The summed E-state index contributed by atoms with van der Waals surface area (Å²) in [6, 6.07) is 25.3. The van der Waals surface area contributed by atoms with E-state index in [2.05, 4.69) is 72.8 Å². The fourth-order valence-corrected chi connectivity index (χ4v) is 4.36. The van der Waals surface area contributed by atoms with E-state index in [4.69, 9.17) is 8.39 Å². The summed E-state index contributed by atoms with van der Waals surface area (Å²) in [4.78, 5) is 0. The Bertz CT molecular complexity index is 1170. The number of benzene rings is 4. The Hall–Kier alpha value is -2.70. The summed E-state index contributed by atoms with van der Waals surface area (Å²) in [7, 11) is -1.00. The van der Waals surface area contributed by atoms with Crippen LogP contribution in [0.4, 0.5) is 0 Å². The molecular formula is C21H15O2P. The molecular weight excluding hydrogens is 315 g/mol. The van der Waals surface area contributed by atoms with Gasteiger partial charge in [-0.15, -0.1) is 0 Å². The molecule has 0 atom stereocenters. The van der Waals surface area contributed by atoms with Crippen molar-refractivity contribution >= 4 is 51.5 Å². The fourth-order valence-electron chi connectivity index (χ4n) is 3.47.